The summed E-state index contributed by atoms with van der Waals surface area (Å²) < 4.78 is 3.16. The first-order valence-electron chi connectivity index (χ1n) is 9.81. The van der Waals surface area contributed by atoms with E-state index in [1.165, 1.54) is 4.68 Å². The first-order chi connectivity index (χ1) is 14.0. The molecular weight excluding hydrogens is 384 g/mol. The maximum absolute atomic E-state index is 13.3. The second-order valence-electron chi connectivity index (χ2n) is 7.26. The Hall–Kier alpha value is -2.93. The van der Waals surface area contributed by atoms with Gasteiger partial charge in [-0.25, -0.2) is 4.68 Å². The summed E-state index contributed by atoms with van der Waals surface area (Å²) in [6, 6.07) is 11.3. The monoisotopic (exact) mass is 408 g/mol. The molecular formula is C22H24N4O2S. The Morgan fingerprint density at radius 1 is 1.21 bits per heavy atom. The summed E-state index contributed by atoms with van der Waals surface area (Å²) in [5.41, 5.74) is 1.16. The number of fused-ring (bicyclic) bond motifs is 3. The average Bonchev–Trinajstić information content (AvgIpc) is 3.36. The molecule has 4 aromatic rings. The Kier molecular flexibility index (Phi) is 5.24. The number of carbonyl (C=O) groups is 1. The van der Waals surface area contributed by atoms with Crippen LogP contribution in [0, 0.1) is 0 Å². The van der Waals surface area contributed by atoms with Crippen LogP contribution in [-0.2, 0) is 11.8 Å². The lowest BCUT2D eigenvalue weighted by molar-refractivity contribution is -0.124. The Bertz CT molecular complexity index is 1220. The van der Waals surface area contributed by atoms with Crippen LogP contribution in [-0.4, -0.2) is 20.3 Å². The molecule has 29 heavy (non-hydrogen) atoms. The van der Waals surface area contributed by atoms with Gasteiger partial charge in [0.05, 0.1) is 17.8 Å². The highest BCUT2D eigenvalue weighted by molar-refractivity contribution is 7.10. The molecule has 2 unspecified atom stereocenters. The second kappa shape index (κ2) is 7.83. The number of hydrogen-bond acceptors (Lipinski definition) is 4. The van der Waals surface area contributed by atoms with Crippen molar-refractivity contribution in [3.63, 3.8) is 0 Å². The summed E-state index contributed by atoms with van der Waals surface area (Å²) in [7, 11) is 1.63. The molecule has 0 aliphatic carbocycles. The molecule has 1 N–H and O–H groups in total. The highest BCUT2D eigenvalue weighted by atomic mass is 32.1. The van der Waals surface area contributed by atoms with Gasteiger partial charge in [0, 0.05) is 22.7 Å². The van der Waals surface area contributed by atoms with E-state index in [0.717, 1.165) is 34.0 Å². The van der Waals surface area contributed by atoms with E-state index in [-0.39, 0.29) is 17.5 Å². The van der Waals surface area contributed by atoms with Gasteiger partial charge in [-0.15, -0.1) is 11.3 Å². The smallest absolute Gasteiger partial charge is 0.291 e. The van der Waals surface area contributed by atoms with Crippen LogP contribution in [0.4, 0.5) is 0 Å². The number of para-hydroxylation sites is 1. The molecule has 7 heteroatoms. The van der Waals surface area contributed by atoms with Gasteiger partial charge in [-0.2, -0.15) is 5.10 Å². The quantitative estimate of drug-likeness (QED) is 0.521. The zero-order valence-corrected chi connectivity index (χ0v) is 17.6. The summed E-state index contributed by atoms with van der Waals surface area (Å²) in [5, 5.41) is 11.1. The molecule has 150 valence electrons. The molecule has 0 spiro atoms. The Balaban J connectivity index is 1.80. The molecule has 0 bridgehead atoms. The molecule has 3 heterocycles. The largest absolute Gasteiger partial charge is 0.347 e. The van der Waals surface area contributed by atoms with E-state index >= 15 is 0 Å². The minimum Gasteiger partial charge on any atom is -0.347 e. The number of aryl methyl sites for hydroxylation is 1. The number of rotatable bonds is 6. The van der Waals surface area contributed by atoms with Crippen LogP contribution < -0.4 is 10.9 Å². The summed E-state index contributed by atoms with van der Waals surface area (Å²) >= 11 is 1.65. The Morgan fingerprint density at radius 3 is 2.72 bits per heavy atom. The molecule has 0 saturated carbocycles. The average molecular weight is 409 g/mol. The van der Waals surface area contributed by atoms with Crippen molar-refractivity contribution in [1.82, 2.24) is 19.7 Å². The number of hydrogen-bond donors (Lipinski definition) is 1. The zero-order chi connectivity index (χ0) is 20.5. The van der Waals surface area contributed by atoms with E-state index < -0.39 is 6.04 Å². The molecule has 0 radical (unpaired) electrons. The highest BCUT2D eigenvalue weighted by Gasteiger charge is 2.25. The van der Waals surface area contributed by atoms with E-state index in [1.807, 2.05) is 47.2 Å². The Labute approximate surface area is 172 Å². The molecule has 0 saturated heterocycles. The van der Waals surface area contributed by atoms with Crippen molar-refractivity contribution in [2.45, 2.75) is 38.8 Å². The molecule has 1 aromatic carbocycles. The van der Waals surface area contributed by atoms with E-state index in [4.69, 9.17) is 0 Å². The minimum absolute atomic E-state index is 0.0208. The highest BCUT2D eigenvalue weighted by Crippen LogP contribution is 2.30. The van der Waals surface area contributed by atoms with Crippen molar-refractivity contribution < 1.29 is 4.79 Å². The normalized spacial score (nSPS) is 13.6. The predicted octanol–water partition coefficient (Wildman–Crippen LogP) is 4.17. The summed E-state index contributed by atoms with van der Waals surface area (Å²) in [5.74, 6) is -0.0987. The molecule has 4 rings (SSSR count). The van der Waals surface area contributed by atoms with Gasteiger partial charge in [-0.3, -0.25) is 9.59 Å². The lowest BCUT2D eigenvalue weighted by Crippen LogP contribution is -2.34. The second-order valence-corrected chi connectivity index (χ2v) is 8.24. The van der Waals surface area contributed by atoms with Crippen LogP contribution in [0.25, 0.3) is 21.8 Å². The van der Waals surface area contributed by atoms with Gasteiger partial charge >= 0.3 is 0 Å². The lowest BCUT2D eigenvalue weighted by atomic mass is 10.1. The van der Waals surface area contributed by atoms with Gasteiger partial charge in [0.2, 0.25) is 5.91 Å². The van der Waals surface area contributed by atoms with Gasteiger partial charge < -0.3 is 9.88 Å². The molecule has 3 aromatic heterocycles. The van der Waals surface area contributed by atoms with Crippen molar-refractivity contribution >= 4 is 39.0 Å². The number of thiophene rings is 1. The fourth-order valence-electron chi connectivity index (χ4n) is 3.86. The van der Waals surface area contributed by atoms with Gasteiger partial charge in [0.15, 0.2) is 0 Å². The first kappa shape index (κ1) is 19.4. The third kappa shape index (κ3) is 3.35. The fourth-order valence-corrected chi connectivity index (χ4v) is 4.68. The minimum atomic E-state index is -0.535. The van der Waals surface area contributed by atoms with Crippen LogP contribution in [0.3, 0.4) is 0 Å². The van der Waals surface area contributed by atoms with Crippen molar-refractivity contribution in [2.24, 2.45) is 7.05 Å². The van der Waals surface area contributed by atoms with Gasteiger partial charge in [0.25, 0.3) is 5.56 Å². The van der Waals surface area contributed by atoms with E-state index in [1.54, 1.807) is 24.6 Å². The zero-order valence-electron chi connectivity index (χ0n) is 16.8. The summed E-state index contributed by atoms with van der Waals surface area (Å²) in [4.78, 5) is 27.3. The van der Waals surface area contributed by atoms with Crippen molar-refractivity contribution in [3.05, 3.63) is 63.2 Å². The van der Waals surface area contributed by atoms with E-state index in [9.17, 15) is 9.59 Å². The van der Waals surface area contributed by atoms with Crippen LogP contribution in [0.2, 0.25) is 0 Å². The topological polar surface area (TPSA) is 68.9 Å². The SMILES string of the molecule is CCCC(NC(=O)C(C)n1c2ccccc2c2cnn(C)c(=O)c21)c1cccs1. The molecule has 0 fully saturated rings. The molecule has 6 nitrogen and oxygen atoms in total. The molecule has 1 amide bonds. The Morgan fingerprint density at radius 2 is 2.00 bits per heavy atom. The third-order valence-corrected chi connectivity index (χ3v) is 6.34. The predicted molar refractivity (Wildman–Crippen MR) is 117 cm³/mol. The standard InChI is InChI=1S/C22H24N4O2S/c1-4-8-17(19-11-7-12-29-19)24-21(27)14(2)26-18-10-6-5-9-15(18)16-13-23-25(3)22(28)20(16)26/h5-7,9-14,17H,4,8H2,1-3H3,(H,24,27). The first-order valence-corrected chi connectivity index (χ1v) is 10.7. The van der Waals surface area contributed by atoms with Gasteiger partial charge in [-0.1, -0.05) is 37.6 Å². The van der Waals surface area contributed by atoms with Crippen LogP contribution >= 0.6 is 11.3 Å². The lowest BCUT2D eigenvalue weighted by Gasteiger charge is -2.22. The number of benzene rings is 1. The number of nitrogens with zero attached hydrogens (tertiary/aromatic N) is 3. The molecule has 0 aliphatic heterocycles. The van der Waals surface area contributed by atoms with Crippen LogP contribution in [0.15, 0.2) is 52.8 Å². The maximum Gasteiger partial charge on any atom is 0.291 e. The number of aromatic nitrogens is 3. The maximum atomic E-state index is 13.3. The van der Waals surface area contributed by atoms with Crippen LogP contribution in [0.1, 0.15) is 43.6 Å². The number of nitrogens with one attached hydrogen (secondary N) is 1. The fraction of sp³-hybridized carbons (Fsp3) is 0.318. The third-order valence-electron chi connectivity index (χ3n) is 5.35. The van der Waals surface area contributed by atoms with Crippen molar-refractivity contribution in [3.8, 4) is 0 Å². The van der Waals surface area contributed by atoms with Gasteiger partial charge in [-0.05, 0) is 30.9 Å². The van der Waals surface area contributed by atoms with E-state index in [0.29, 0.717) is 5.52 Å². The van der Waals surface area contributed by atoms with Crippen LogP contribution in [0.5, 0.6) is 0 Å². The van der Waals surface area contributed by atoms with E-state index in [2.05, 4.69) is 23.4 Å². The van der Waals surface area contributed by atoms with Crippen molar-refractivity contribution in [1.29, 1.82) is 0 Å². The molecule has 0 aliphatic rings. The van der Waals surface area contributed by atoms with Crippen molar-refractivity contribution in [2.75, 3.05) is 0 Å². The summed E-state index contributed by atoms with van der Waals surface area (Å²) in [6.45, 7) is 3.96. The number of carbonyl (C=O) groups excluding carboxylic acids is 1. The molecule has 2 atom stereocenters. The van der Waals surface area contributed by atoms with Gasteiger partial charge in [0.1, 0.15) is 11.6 Å². The number of amides is 1. The summed E-state index contributed by atoms with van der Waals surface area (Å²) in [6.07, 6.45) is 3.54.